The van der Waals surface area contributed by atoms with Crippen LogP contribution in [0.3, 0.4) is 0 Å². The van der Waals surface area contributed by atoms with E-state index < -0.39 is 0 Å². The van der Waals surface area contributed by atoms with Crippen molar-refractivity contribution in [3.63, 3.8) is 0 Å². The van der Waals surface area contributed by atoms with Crippen LogP contribution in [0.5, 0.6) is 0 Å². The normalized spacial score (nSPS) is 9.78. The molecule has 1 aliphatic carbocycles. The molecular weight excluding hydrogens is 489 g/mol. The van der Waals surface area contributed by atoms with Crippen molar-refractivity contribution in [1.29, 1.82) is 0 Å². The average molecular weight is 494 g/mol. The van der Waals surface area contributed by atoms with Crippen molar-refractivity contribution < 1.29 is 93.6 Å². The first-order valence-electron chi connectivity index (χ1n) is 1.72. The Balaban J connectivity index is -0.0000000312. The molecule has 0 aromatic rings. The molecule has 1 aliphatic rings. The summed E-state index contributed by atoms with van der Waals surface area (Å²) in [5.41, 5.74) is 0. The van der Waals surface area contributed by atoms with Gasteiger partial charge in [-0.2, -0.15) is 6.08 Å². The van der Waals surface area contributed by atoms with Gasteiger partial charge in [-0.1, -0.05) is 0 Å². The second kappa shape index (κ2) is 16.8. The Hall–Kier alpha value is 2.38. The first kappa shape index (κ1) is 22.5. The van der Waals surface area contributed by atoms with Gasteiger partial charge in [-0.3, -0.25) is 6.08 Å². The third kappa shape index (κ3) is 13.4. The molecule has 0 amide bonds. The molecule has 0 spiro atoms. The van der Waals surface area contributed by atoms with Gasteiger partial charge in [0.15, 0.2) is 0 Å². The maximum absolute atomic E-state index is 2.99. The first-order chi connectivity index (χ1) is 2.50. The van der Waals surface area contributed by atoms with Crippen LogP contribution >= 0.6 is 0 Å². The van der Waals surface area contributed by atoms with E-state index in [0.717, 1.165) is 6.42 Å². The number of halogens is 3. The van der Waals surface area contributed by atoms with Gasteiger partial charge in [-0.15, -0.1) is 6.42 Å². The molecule has 0 saturated carbocycles. The van der Waals surface area contributed by atoms with E-state index in [1.807, 2.05) is 12.2 Å². The van der Waals surface area contributed by atoms with Crippen molar-refractivity contribution in [2.75, 3.05) is 0 Å². The molecule has 0 heterocycles. The predicted molar refractivity (Wildman–Crippen MR) is 21.6 cm³/mol. The molecule has 9 heavy (non-hydrogen) atoms. The van der Waals surface area contributed by atoms with Crippen molar-refractivity contribution in [1.82, 2.24) is 0 Å². The van der Waals surface area contributed by atoms with E-state index in [0.29, 0.717) is 0 Å². The third-order valence-corrected chi connectivity index (χ3v) is 0.586. The Morgan fingerprint density at radius 1 is 1.11 bits per heavy atom. The minimum absolute atomic E-state index is 0. The zero-order valence-electron chi connectivity index (χ0n) is 4.57. The Kier molecular flexibility index (Phi) is 42.0. The Morgan fingerprint density at radius 2 is 1.67 bits per heavy atom. The van der Waals surface area contributed by atoms with Gasteiger partial charge < -0.3 is 71.9 Å². The van der Waals surface area contributed by atoms with Gasteiger partial charge in [-0.05, 0) is 0 Å². The molecule has 0 radical (unpaired) electrons. The van der Waals surface area contributed by atoms with Crippen LogP contribution in [-0.2, 0) is 21.7 Å². The van der Waals surface area contributed by atoms with Gasteiger partial charge in [0.2, 0.25) is 0 Å². The topological polar surface area (TPSA) is 0 Å². The fourth-order valence-corrected chi connectivity index (χ4v) is 0.340. The summed E-state index contributed by atoms with van der Waals surface area (Å²) in [5, 5.41) is 0. The van der Waals surface area contributed by atoms with Gasteiger partial charge in [0, 0.05) is 0 Å². The average Bonchev–Trinajstić information content (AvgIpc) is 1.76. The summed E-state index contributed by atoms with van der Waals surface area (Å²) in [7, 11) is 0. The number of rotatable bonds is 0. The van der Waals surface area contributed by atoms with Crippen LogP contribution in [0.4, 0.5) is 0 Å². The summed E-state index contributed by atoms with van der Waals surface area (Å²) < 4.78 is 0. The second-order valence-corrected chi connectivity index (χ2v) is 1.00. The van der Waals surface area contributed by atoms with Crippen LogP contribution in [-0.4, -0.2) is 0 Å². The van der Waals surface area contributed by atoms with E-state index in [9.17, 15) is 0 Å². The molecule has 0 N–H and O–H groups in total. The second-order valence-electron chi connectivity index (χ2n) is 1.00. The summed E-state index contributed by atoms with van der Waals surface area (Å²) >= 11 is 0. The van der Waals surface area contributed by atoms with E-state index in [1.165, 1.54) is 0 Å². The molecule has 0 unspecified atom stereocenters. The summed E-state index contributed by atoms with van der Waals surface area (Å²) in [6.07, 6.45) is 10.0. The molecule has 0 aliphatic heterocycles. The van der Waals surface area contributed by atoms with E-state index in [2.05, 4.69) is 12.2 Å². The standard InChI is InChI=1S/C5H5.3HI.Ti/c1-2-4-5-3-1;;;;/h1-3H,4H2;3*1H;/q-1;;;;+4/p-3. The van der Waals surface area contributed by atoms with Crippen LogP contribution in [0.15, 0.2) is 18.2 Å². The molecule has 0 atom stereocenters. The molecule has 0 nitrogen and oxygen atoms in total. The first-order valence-corrected chi connectivity index (χ1v) is 1.72. The molecular formula is C5H5I3Ti. The summed E-state index contributed by atoms with van der Waals surface area (Å²) in [6, 6.07) is 0. The van der Waals surface area contributed by atoms with Crippen molar-refractivity contribution in [3.8, 4) is 0 Å². The molecule has 4 heteroatoms. The SMILES string of the molecule is [C-]1=CC=CC1.[I-].[I-].[I-].[Ti+4]. The Labute approximate surface area is 122 Å². The van der Waals surface area contributed by atoms with Crippen LogP contribution in [0.2, 0.25) is 0 Å². The monoisotopic (exact) mass is 494 g/mol. The maximum atomic E-state index is 2.99. The van der Waals surface area contributed by atoms with E-state index >= 15 is 0 Å². The van der Waals surface area contributed by atoms with Crippen molar-refractivity contribution >= 4 is 0 Å². The molecule has 0 saturated heterocycles. The summed E-state index contributed by atoms with van der Waals surface area (Å²) in [4.78, 5) is 0. The zero-order valence-corrected chi connectivity index (χ0v) is 12.6. The van der Waals surface area contributed by atoms with Crippen LogP contribution in [0, 0.1) is 6.08 Å². The number of allylic oxidation sites excluding steroid dienone is 4. The fourth-order valence-electron chi connectivity index (χ4n) is 0.340. The molecule has 0 aromatic carbocycles. The number of hydrogen-bond donors (Lipinski definition) is 0. The minimum atomic E-state index is 0. The largest absolute Gasteiger partial charge is 4.00 e. The summed E-state index contributed by atoms with van der Waals surface area (Å²) in [6.45, 7) is 0. The van der Waals surface area contributed by atoms with Crippen molar-refractivity contribution in [2.24, 2.45) is 0 Å². The van der Waals surface area contributed by atoms with Gasteiger partial charge in [0.05, 0.1) is 0 Å². The van der Waals surface area contributed by atoms with Crippen molar-refractivity contribution in [3.05, 3.63) is 24.3 Å². The van der Waals surface area contributed by atoms with E-state index in [-0.39, 0.29) is 93.6 Å². The van der Waals surface area contributed by atoms with E-state index in [1.54, 1.807) is 0 Å². The zero-order chi connectivity index (χ0) is 3.54. The Bertz CT molecular complexity index is 70.3. The van der Waals surface area contributed by atoms with Crippen LogP contribution < -0.4 is 71.9 Å². The van der Waals surface area contributed by atoms with Crippen LogP contribution in [0.1, 0.15) is 6.42 Å². The van der Waals surface area contributed by atoms with Crippen molar-refractivity contribution in [2.45, 2.75) is 6.42 Å². The molecule has 50 valence electrons. The maximum Gasteiger partial charge on any atom is 4.00 e. The molecule has 0 fully saturated rings. The molecule has 0 bridgehead atoms. The fraction of sp³-hybridized carbons (Fsp3) is 0.200. The van der Waals surface area contributed by atoms with Crippen LogP contribution in [0.25, 0.3) is 0 Å². The van der Waals surface area contributed by atoms with E-state index in [4.69, 9.17) is 0 Å². The predicted octanol–water partition coefficient (Wildman–Crippen LogP) is -7.68. The smallest absolute Gasteiger partial charge is 1.00 e. The van der Waals surface area contributed by atoms with Gasteiger partial charge in [0.1, 0.15) is 0 Å². The quantitative estimate of drug-likeness (QED) is 0.179. The Morgan fingerprint density at radius 3 is 1.78 bits per heavy atom. The van der Waals surface area contributed by atoms with Gasteiger partial charge in [0.25, 0.3) is 0 Å². The number of hydrogen-bond acceptors (Lipinski definition) is 0. The molecule has 1 rings (SSSR count). The van der Waals surface area contributed by atoms with Gasteiger partial charge >= 0.3 is 21.7 Å². The molecule has 0 aromatic heterocycles. The summed E-state index contributed by atoms with van der Waals surface area (Å²) in [5.74, 6) is 0. The van der Waals surface area contributed by atoms with Gasteiger partial charge in [-0.25, -0.2) is 12.2 Å². The minimum Gasteiger partial charge on any atom is -1.00 e. The third-order valence-electron chi connectivity index (χ3n) is 0.586.